The first-order chi connectivity index (χ1) is 33.7. The first-order valence-corrected chi connectivity index (χ1v) is 23.3. The molecule has 3 heterocycles. The maximum absolute atomic E-state index is 5.07. The maximum Gasteiger partial charge on any atom is 0.164 e. The Balaban J connectivity index is 0.863. The van der Waals surface area contributed by atoms with Crippen molar-refractivity contribution in [3.63, 3.8) is 0 Å². The van der Waals surface area contributed by atoms with Crippen LogP contribution in [-0.4, -0.2) is 24.1 Å². The third-order valence-corrected chi connectivity index (χ3v) is 13.5. The lowest BCUT2D eigenvalue weighted by Crippen LogP contribution is -2.07. The Morgan fingerprint density at radius 2 is 0.853 bits per heavy atom. The molecule has 12 aromatic rings. The van der Waals surface area contributed by atoms with Gasteiger partial charge in [-0.3, -0.25) is 0 Å². The van der Waals surface area contributed by atoms with Gasteiger partial charge in [0.1, 0.15) is 0 Å². The molecule has 0 fully saturated rings. The van der Waals surface area contributed by atoms with E-state index in [1.54, 1.807) is 0 Å². The van der Waals surface area contributed by atoms with Gasteiger partial charge < -0.3 is 9.13 Å². The van der Waals surface area contributed by atoms with Gasteiger partial charge in [-0.05, 0) is 100 Å². The fraction of sp³-hybridized carbons (Fsp3) is 0.0317. The van der Waals surface area contributed by atoms with E-state index in [1.807, 2.05) is 36.4 Å². The van der Waals surface area contributed by atoms with E-state index in [9.17, 15) is 0 Å². The Morgan fingerprint density at radius 1 is 0.338 bits per heavy atom. The van der Waals surface area contributed by atoms with E-state index in [0.717, 1.165) is 34.5 Å². The Bertz CT molecular complexity index is 3810. The van der Waals surface area contributed by atoms with Gasteiger partial charge in [0.2, 0.25) is 0 Å². The van der Waals surface area contributed by atoms with Crippen molar-refractivity contribution in [2.24, 2.45) is 0 Å². The van der Waals surface area contributed by atoms with Crippen molar-refractivity contribution < 1.29 is 0 Å². The quantitative estimate of drug-likeness (QED) is 0.153. The molecule has 0 amide bonds. The highest BCUT2D eigenvalue weighted by atomic mass is 15.0. The van der Waals surface area contributed by atoms with Gasteiger partial charge >= 0.3 is 0 Å². The molecule has 1 aliphatic rings. The normalized spacial score (nSPS) is 13.3. The standard InChI is InChI=1S/C63H43N5/c1-4-17-42(18-5-1)46-23-15-26-51(40-46)68-56-30-12-10-27-53(56)55-41-47(35-38-58(55)68)43-33-36-50(37-34-43)67-57-31-13-11-28-54(57)60-52(29-16-32-59(60)67)48-24-14-25-49(39-48)63-65-61(44-19-6-2-7-20-44)64-62(66-63)45-21-8-3-9-22-45/h1-28,30-41,52H,29H2. The zero-order chi connectivity index (χ0) is 45.0. The summed E-state index contributed by atoms with van der Waals surface area (Å²) in [5, 5.41) is 3.74. The molecule has 1 unspecified atom stereocenters. The molecule has 3 aromatic heterocycles. The second kappa shape index (κ2) is 16.5. The number of nitrogens with zero attached hydrogens (tertiary/aromatic N) is 5. The minimum Gasteiger partial charge on any atom is -0.310 e. The molecule has 0 saturated carbocycles. The topological polar surface area (TPSA) is 48.5 Å². The van der Waals surface area contributed by atoms with Gasteiger partial charge in [-0.25, -0.2) is 15.0 Å². The Hall–Kier alpha value is -8.93. The van der Waals surface area contributed by atoms with E-state index in [2.05, 4.69) is 215 Å². The van der Waals surface area contributed by atoms with Crippen LogP contribution in [0.25, 0.3) is 107 Å². The SMILES string of the molecule is C1=Cc2c(c3ccccc3n2-c2ccc(-c3ccc4c(c3)c3ccccc3n4-c3cccc(-c4ccccc4)c3)cc2)C(c2cccc(-c3nc(-c4ccccc4)nc(-c4ccccc4)n3)c2)C1. The maximum atomic E-state index is 5.07. The van der Waals surface area contributed by atoms with Crippen molar-refractivity contribution in [2.45, 2.75) is 12.3 Å². The van der Waals surface area contributed by atoms with E-state index >= 15 is 0 Å². The summed E-state index contributed by atoms with van der Waals surface area (Å²) in [6, 6.07) is 82.2. The van der Waals surface area contributed by atoms with Crippen LogP contribution in [0.5, 0.6) is 0 Å². The Morgan fingerprint density at radius 3 is 1.56 bits per heavy atom. The minimum absolute atomic E-state index is 0.138. The predicted octanol–water partition coefficient (Wildman–Crippen LogP) is 15.8. The van der Waals surface area contributed by atoms with Crippen LogP contribution in [0, 0.1) is 0 Å². The van der Waals surface area contributed by atoms with Crippen molar-refractivity contribution in [3.05, 3.63) is 253 Å². The van der Waals surface area contributed by atoms with Crippen LogP contribution < -0.4 is 0 Å². The summed E-state index contributed by atoms with van der Waals surface area (Å²) in [6.07, 6.45) is 5.53. The average Bonchev–Trinajstić information content (AvgIpc) is 3.94. The van der Waals surface area contributed by atoms with Gasteiger partial charge in [0.15, 0.2) is 17.5 Å². The molecule has 0 aliphatic heterocycles. The molecule has 0 N–H and O–H groups in total. The number of aromatic nitrogens is 5. The van der Waals surface area contributed by atoms with Gasteiger partial charge in [-0.1, -0.05) is 182 Å². The molecule has 0 saturated heterocycles. The van der Waals surface area contributed by atoms with E-state index in [4.69, 9.17) is 15.0 Å². The van der Waals surface area contributed by atoms with Crippen LogP contribution in [0.4, 0.5) is 0 Å². The number of rotatable bonds is 8. The summed E-state index contributed by atoms with van der Waals surface area (Å²) in [6.45, 7) is 0. The molecular formula is C63H43N5. The fourth-order valence-corrected chi connectivity index (χ4v) is 10.4. The van der Waals surface area contributed by atoms with Crippen LogP contribution >= 0.6 is 0 Å². The molecule has 1 aliphatic carbocycles. The van der Waals surface area contributed by atoms with Gasteiger partial charge in [-0.15, -0.1) is 0 Å². The minimum atomic E-state index is 0.138. The van der Waals surface area contributed by atoms with Crippen molar-refractivity contribution in [1.29, 1.82) is 0 Å². The summed E-state index contributed by atoms with van der Waals surface area (Å²) < 4.78 is 4.84. The highest BCUT2D eigenvalue weighted by Crippen LogP contribution is 2.44. The Kier molecular flexibility index (Phi) is 9.57. The summed E-state index contributed by atoms with van der Waals surface area (Å²) >= 11 is 0. The molecule has 320 valence electrons. The highest BCUT2D eigenvalue weighted by molar-refractivity contribution is 6.10. The first-order valence-electron chi connectivity index (χ1n) is 23.3. The number of para-hydroxylation sites is 2. The summed E-state index contributed by atoms with van der Waals surface area (Å²) in [4.78, 5) is 15.1. The molecule has 1 atom stereocenters. The lowest BCUT2D eigenvalue weighted by Gasteiger charge is -2.22. The summed E-state index contributed by atoms with van der Waals surface area (Å²) in [7, 11) is 0. The van der Waals surface area contributed by atoms with E-state index < -0.39 is 0 Å². The van der Waals surface area contributed by atoms with Crippen molar-refractivity contribution in [1.82, 2.24) is 24.1 Å². The first kappa shape index (κ1) is 39.4. The monoisotopic (exact) mass is 869 g/mol. The molecule has 0 bridgehead atoms. The van der Waals surface area contributed by atoms with Gasteiger partial charge in [0.05, 0.1) is 22.2 Å². The third kappa shape index (κ3) is 6.83. The zero-order valence-corrected chi connectivity index (χ0v) is 37.1. The number of benzene rings is 9. The van der Waals surface area contributed by atoms with E-state index in [1.165, 1.54) is 71.8 Å². The Labute approximate surface area is 394 Å². The van der Waals surface area contributed by atoms with Crippen molar-refractivity contribution in [2.75, 3.05) is 0 Å². The zero-order valence-electron chi connectivity index (χ0n) is 37.1. The molecule has 0 radical (unpaired) electrons. The molecule has 13 rings (SSSR count). The van der Waals surface area contributed by atoms with Gasteiger partial charge in [0, 0.05) is 50.1 Å². The fourth-order valence-electron chi connectivity index (χ4n) is 10.4. The smallest absolute Gasteiger partial charge is 0.164 e. The molecule has 68 heavy (non-hydrogen) atoms. The molecule has 9 aromatic carbocycles. The number of fused-ring (bicyclic) bond motifs is 6. The van der Waals surface area contributed by atoms with Crippen LogP contribution in [0.3, 0.4) is 0 Å². The highest BCUT2D eigenvalue weighted by Gasteiger charge is 2.27. The van der Waals surface area contributed by atoms with E-state index in [0.29, 0.717) is 17.5 Å². The summed E-state index contributed by atoms with van der Waals surface area (Å²) in [5.74, 6) is 2.11. The van der Waals surface area contributed by atoms with Crippen LogP contribution in [0.15, 0.2) is 237 Å². The van der Waals surface area contributed by atoms with Gasteiger partial charge in [-0.2, -0.15) is 0 Å². The predicted molar refractivity (Wildman–Crippen MR) is 280 cm³/mol. The second-order valence-corrected chi connectivity index (χ2v) is 17.6. The number of hydrogen-bond acceptors (Lipinski definition) is 3. The molecule has 5 heteroatoms. The molecule has 0 spiro atoms. The second-order valence-electron chi connectivity index (χ2n) is 17.6. The van der Waals surface area contributed by atoms with Gasteiger partial charge in [0.25, 0.3) is 0 Å². The van der Waals surface area contributed by atoms with Crippen LogP contribution in [0.1, 0.15) is 29.2 Å². The number of allylic oxidation sites excluding steroid dienone is 1. The van der Waals surface area contributed by atoms with Crippen LogP contribution in [0.2, 0.25) is 0 Å². The van der Waals surface area contributed by atoms with Crippen molar-refractivity contribution in [3.8, 4) is 67.8 Å². The van der Waals surface area contributed by atoms with Crippen LogP contribution in [-0.2, 0) is 0 Å². The third-order valence-electron chi connectivity index (χ3n) is 13.5. The number of hydrogen-bond donors (Lipinski definition) is 0. The van der Waals surface area contributed by atoms with E-state index in [-0.39, 0.29) is 5.92 Å². The molecule has 5 nitrogen and oxygen atoms in total. The largest absolute Gasteiger partial charge is 0.310 e. The lowest BCUT2D eigenvalue weighted by molar-refractivity contribution is 0.819. The summed E-state index contributed by atoms with van der Waals surface area (Å²) in [5.41, 5.74) is 17.3. The average molecular weight is 870 g/mol. The molecular weight excluding hydrogens is 827 g/mol. The lowest BCUT2D eigenvalue weighted by atomic mass is 9.83. The van der Waals surface area contributed by atoms with Crippen molar-refractivity contribution >= 4 is 38.8 Å².